The van der Waals surface area contributed by atoms with E-state index in [1.807, 2.05) is 60.8 Å². The Labute approximate surface area is 168 Å². The number of aryl methyl sites for hydroxylation is 1. The number of nitrogens with one attached hydrogen (secondary N) is 1. The maximum atomic E-state index is 12.1. The molecule has 0 aliphatic carbocycles. The van der Waals surface area contributed by atoms with Crippen LogP contribution in [0.4, 0.5) is 5.69 Å². The first-order chi connectivity index (χ1) is 13.6. The van der Waals surface area contributed by atoms with Gasteiger partial charge in [0.25, 0.3) is 0 Å². The summed E-state index contributed by atoms with van der Waals surface area (Å²) in [5, 5.41) is 5.75. The van der Waals surface area contributed by atoms with Gasteiger partial charge in [-0.05, 0) is 48.4 Å². The number of thiazole rings is 1. The third kappa shape index (κ3) is 6.04. The number of rotatable bonds is 8. The number of hydrogen-bond acceptors (Lipinski definition) is 5. The summed E-state index contributed by atoms with van der Waals surface area (Å²) in [6.07, 6.45) is 3.20. The average molecular weight is 394 g/mol. The molecule has 1 N–H and O–H groups in total. The molecule has 5 nitrogen and oxygen atoms in total. The fourth-order valence-corrected chi connectivity index (χ4v) is 3.13. The lowest BCUT2D eigenvalue weighted by atomic mass is 10.2. The van der Waals surface area contributed by atoms with Gasteiger partial charge in [0.05, 0.1) is 31.0 Å². The Kier molecular flexibility index (Phi) is 6.94. The number of carbonyl (C=O) groups excluding carboxylic acids is 1. The number of carbonyl (C=O) groups is 1. The molecule has 0 spiro atoms. The summed E-state index contributed by atoms with van der Waals surface area (Å²) in [5.41, 5.74) is 3.59. The van der Waals surface area contributed by atoms with Crippen molar-refractivity contribution in [1.82, 2.24) is 4.98 Å². The molecular weight excluding hydrogens is 372 g/mol. The van der Waals surface area contributed by atoms with Gasteiger partial charge in [-0.15, -0.1) is 11.3 Å². The van der Waals surface area contributed by atoms with Crippen LogP contribution in [0.5, 0.6) is 5.75 Å². The van der Waals surface area contributed by atoms with Gasteiger partial charge in [-0.3, -0.25) is 4.79 Å². The highest BCUT2D eigenvalue weighted by Crippen LogP contribution is 2.15. The molecule has 0 aliphatic rings. The lowest BCUT2D eigenvalue weighted by Gasteiger charge is -2.08. The molecule has 144 valence electrons. The van der Waals surface area contributed by atoms with Gasteiger partial charge in [-0.1, -0.05) is 24.3 Å². The first-order valence-electron chi connectivity index (χ1n) is 8.83. The van der Waals surface area contributed by atoms with Crippen LogP contribution in [0.25, 0.3) is 6.08 Å². The molecule has 1 amide bonds. The minimum Gasteiger partial charge on any atom is -0.497 e. The second kappa shape index (κ2) is 9.82. The first kappa shape index (κ1) is 19.8. The largest absolute Gasteiger partial charge is 0.497 e. The van der Waals surface area contributed by atoms with Crippen molar-refractivity contribution in [1.29, 1.82) is 0 Å². The van der Waals surface area contributed by atoms with Gasteiger partial charge in [0.1, 0.15) is 5.75 Å². The zero-order valence-corrected chi connectivity index (χ0v) is 16.7. The number of hydrogen-bond donors (Lipinski definition) is 1. The van der Waals surface area contributed by atoms with E-state index in [9.17, 15) is 4.79 Å². The minimum atomic E-state index is -0.193. The molecule has 0 fully saturated rings. The van der Waals surface area contributed by atoms with Crippen molar-refractivity contribution >= 4 is 29.0 Å². The van der Waals surface area contributed by atoms with E-state index in [4.69, 9.17) is 9.47 Å². The monoisotopic (exact) mass is 394 g/mol. The van der Waals surface area contributed by atoms with Crippen LogP contribution < -0.4 is 10.1 Å². The normalized spacial score (nSPS) is 10.9. The molecule has 0 saturated carbocycles. The van der Waals surface area contributed by atoms with Crippen molar-refractivity contribution < 1.29 is 14.3 Å². The Morgan fingerprint density at radius 1 is 1.14 bits per heavy atom. The molecule has 2 aromatic carbocycles. The Hall–Kier alpha value is -2.96. The predicted octanol–water partition coefficient (Wildman–Crippen LogP) is 4.83. The van der Waals surface area contributed by atoms with Crippen molar-refractivity contribution in [2.24, 2.45) is 0 Å². The lowest BCUT2D eigenvalue weighted by Crippen LogP contribution is -2.08. The summed E-state index contributed by atoms with van der Waals surface area (Å²) in [6, 6.07) is 15.4. The number of methoxy groups -OCH3 is 1. The van der Waals surface area contributed by atoms with E-state index in [0.29, 0.717) is 13.2 Å². The van der Waals surface area contributed by atoms with Crippen LogP contribution >= 0.6 is 11.3 Å². The van der Waals surface area contributed by atoms with E-state index in [0.717, 1.165) is 33.3 Å². The summed E-state index contributed by atoms with van der Waals surface area (Å²) in [5.74, 6) is 0.633. The molecule has 0 atom stereocenters. The van der Waals surface area contributed by atoms with Gasteiger partial charge >= 0.3 is 0 Å². The molecule has 28 heavy (non-hydrogen) atoms. The van der Waals surface area contributed by atoms with Gasteiger partial charge in [-0.2, -0.15) is 0 Å². The molecular formula is C22H22N2O3S. The maximum absolute atomic E-state index is 12.1. The van der Waals surface area contributed by atoms with E-state index in [1.165, 1.54) is 6.08 Å². The number of aromatic nitrogens is 1. The third-order valence-electron chi connectivity index (χ3n) is 3.93. The smallest absolute Gasteiger partial charge is 0.248 e. The summed E-state index contributed by atoms with van der Waals surface area (Å²) in [6.45, 7) is 2.91. The van der Waals surface area contributed by atoms with E-state index < -0.39 is 0 Å². The first-order valence-corrected chi connectivity index (χ1v) is 9.71. The van der Waals surface area contributed by atoms with E-state index >= 15 is 0 Å². The van der Waals surface area contributed by atoms with E-state index in [-0.39, 0.29) is 5.91 Å². The predicted molar refractivity (Wildman–Crippen MR) is 112 cm³/mol. The average Bonchev–Trinajstić information content (AvgIpc) is 3.12. The molecule has 3 rings (SSSR count). The zero-order valence-electron chi connectivity index (χ0n) is 15.8. The van der Waals surface area contributed by atoms with Crippen molar-refractivity contribution in [3.05, 3.63) is 81.8 Å². The number of nitrogens with zero attached hydrogens (tertiary/aromatic N) is 1. The van der Waals surface area contributed by atoms with Crippen LogP contribution in [0.15, 0.2) is 60.0 Å². The zero-order chi connectivity index (χ0) is 19.8. The third-order valence-corrected chi connectivity index (χ3v) is 4.73. The van der Waals surface area contributed by atoms with Crippen LogP contribution in [-0.2, 0) is 22.7 Å². The van der Waals surface area contributed by atoms with Crippen molar-refractivity contribution in [2.75, 3.05) is 12.4 Å². The second-order valence-corrected chi connectivity index (χ2v) is 7.22. The van der Waals surface area contributed by atoms with Crippen molar-refractivity contribution in [3.8, 4) is 5.75 Å². The van der Waals surface area contributed by atoms with Gasteiger partial charge in [0.15, 0.2) is 0 Å². The van der Waals surface area contributed by atoms with Crippen LogP contribution in [0.2, 0.25) is 0 Å². The molecule has 1 aromatic heterocycles. The highest BCUT2D eigenvalue weighted by atomic mass is 32.1. The van der Waals surface area contributed by atoms with E-state index in [1.54, 1.807) is 24.5 Å². The number of amides is 1. The van der Waals surface area contributed by atoms with Crippen LogP contribution in [0.3, 0.4) is 0 Å². The number of anilines is 1. The quantitative estimate of drug-likeness (QED) is 0.556. The molecule has 0 saturated heterocycles. The molecule has 1 heterocycles. The van der Waals surface area contributed by atoms with Crippen LogP contribution in [-0.4, -0.2) is 18.0 Å². The van der Waals surface area contributed by atoms with Crippen LogP contribution in [0.1, 0.15) is 21.8 Å². The number of ether oxygens (including phenoxy) is 2. The Balaban J connectivity index is 1.50. The molecule has 0 aliphatic heterocycles. The summed E-state index contributed by atoms with van der Waals surface area (Å²) >= 11 is 1.56. The number of benzene rings is 2. The van der Waals surface area contributed by atoms with Crippen LogP contribution in [0, 0.1) is 6.92 Å². The fraction of sp³-hybridized carbons (Fsp3) is 0.182. The molecule has 0 radical (unpaired) electrons. The standard InChI is InChI=1S/C22H22N2O3S/c1-16-23-20(15-28-16)8-11-22(25)24-19-5-3-4-18(12-19)14-27-13-17-6-9-21(26-2)10-7-17/h3-12,15H,13-14H2,1-2H3,(H,24,25)/b11-8+. The lowest BCUT2D eigenvalue weighted by molar-refractivity contribution is -0.111. The maximum Gasteiger partial charge on any atom is 0.248 e. The molecule has 3 aromatic rings. The summed E-state index contributed by atoms with van der Waals surface area (Å²) in [7, 11) is 1.65. The van der Waals surface area contributed by atoms with Gasteiger partial charge in [0.2, 0.25) is 5.91 Å². The molecule has 6 heteroatoms. The Morgan fingerprint density at radius 3 is 2.64 bits per heavy atom. The Bertz CT molecular complexity index is 948. The summed E-state index contributed by atoms with van der Waals surface area (Å²) in [4.78, 5) is 16.4. The topological polar surface area (TPSA) is 60.5 Å². The van der Waals surface area contributed by atoms with Crippen molar-refractivity contribution in [3.63, 3.8) is 0 Å². The Morgan fingerprint density at radius 2 is 1.93 bits per heavy atom. The van der Waals surface area contributed by atoms with E-state index in [2.05, 4.69) is 10.3 Å². The molecule has 0 unspecified atom stereocenters. The van der Waals surface area contributed by atoms with Crippen molar-refractivity contribution in [2.45, 2.75) is 20.1 Å². The highest BCUT2D eigenvalue weighted by molar-refractivity contribution is 7.09. The van der Waals surface area contributed by atoms with Gasteiger partial charge in [0, 0.05) is 17.1 Å². The minimum absolute atomic E-state index is 0.193. The SMILES string of the molecule is COc1ccc(COCc2cccc(NC(=O)/C=C/c3csc(C)n3)c2)cc1. The molecule has 0 bridgehead atoms. The fourth-order valence-electron chi connectivity index (χ4n) is 2.55. The highest BCUT2D eigenvalue weighted by Gasteiger charge is 2.02. The second-order valence-electron chi connectivity index (χ2n) is 6.16. The van der Waals surface area contributed by atoms with Gasteiger partial charge < -0.3 is 14.8 Å². The summed E-state index contributed by atoms with van der Waals surface area (Å²) < 4.78 is 10.9. The van der Waals surface area contributed by atoms with Gasteiger partial charge in [-0.25, -0.2) is 4.98 Å².